The molecule has 0 spiro atoms. The molecule has 3 aromatic rings. The summed E-state index contributed by atoms with van der Waals surface area (Å²) in [5.41, 5.74) is 4.34. The van der Waals surface area contributed by atoms with Gasteiger partial charge in [0.1, 0.15) is 0 Å². The summed E-state index contributed by atoms with van der Waals surface area (Å²) >= 11 is 0. The van der Waals surface area contributed by atoms with Gasteiger partial charge in [-0.15, -0.1) is 0 Å². The first kappa shape index (κ1) is 20.1. The van der Waals surface area contributed by atoms with Crippen molar-refractivity contribution in [1.29, 1.82) is 0 Å². The van der Waals surface area contributed by atoms with Gasteiger partial charge in [0, 0.05) is 30.1 Å². The Morgan fingerprint density at radius 3 is 2.31 bits per heavy atom. The zero-order chi connectivity index (χ0) is 20.8. The minimum Gasteiger partial charge on any atom is -0.333 e. The molecule has 0 unspecified atom stereocenters. The maximum atomic E-state index is 12.4. The Bertz CT molecular complexity index is 1020. The molecule has 0 atom stereocenters. The molecule has 1 N–H and O–H groups in total. The third-order valence-corrected chi connectivity index (χ3v) is 4.56. The van der Waals surface area contributed by atoms with Crippen LogP contribution in [-0.4, -0.2) is 40.1 Å². The molecule has 0 aliphatic rings. The van der Waals surface area contributed by atoms with Gasteiger partial charge in [-0.05, 0) is 44.2 Å². The third kappa shape index (κ3) is 4.99. The van der Waals surface area contributed by atoms with Crippen molar-refractivity contribution in [3.63, 3.8) is 0 Å². The first-order valence-electron chi connectivity index (χ1n) is 9.35. The van der Waals surface area contributed by atoms with Gasteiger partial charge in [0.25, 0.3) is 0 Å². The fourth-order valence-corrected chi connectivity index (χ4v) is 3.01. The van der Waals surface area contributed by atoms with E-state index in [0.29, 0.717) is 5.69 Å². The second kappa shape index (κ2) is 9.01. The van der Waals surface area contributed by atoms with E-state index >= 15 is 0 Å². The molecule has 2 aromatic carbocycles. The van der Waals surface area contributed by atoms with Crippen LogP contribution in [0.1, 0.15) is 17.0 Å². The van der Waals surface area contributed by atoms with Gasteiger partial charge in [0.15, 0.2) is 0 Å². The van der Waals surface area contributed by atoms with E-state index in [1.807, 2.05) is 67.1 Å². The number of benzene rings is 2. The number of amides is 2. The highest BCUT2D eigenvalue weighted by Gasteiger charge is 2.13. The van der Waals surface area contributed by atoms with Gasteiger partial charge in [0.05, 0.1) is 17.9 Å². The summed E-state index contributed by atoms with van der Waals surface area (Å²) < 4.78 is 1.86. The van der Waals surface area contributed by atoms with E-state index in [-0.39, 0.29) is 18.4 Å². The molecule has 0 radical (unpaired) electrons. The molecule has 3 rings (SSSR count). The van der Waals surface area contributed by atoms with Crippen molar-refractivity contribution in [1.82, 2.24) is 14.7 Å². The normalized spacial score (nSPS) is 10.9. The van der Waals surface area contributed by atoms with Gasteiger partial charge in [-0.3, -0.25) is 9.59 Å². The summed E-state index contributed by atoms with van der Waals surface area (Å²) in [6.07, 6.45) is 3.23. The van der Waals surface area contributed by atoms with Crippen molar-refractivity contribution >= 4 is 23.6 Å². The number of nitrogens with one attached hydrogen (secondary N) is 1. The van der Waals surface area contributed by atoms with Crippen molar-refractivity contribution in [2.75, 3.05) is 18.9 Å². The standard InChI is InChI=1S/C23H24N4O2/c1-17-21(18(2)27(25-17)20-12-8-5-9-13-20)14-15-23(29)26(3)16-22(28)24-19-10-6-4-7-11-19/h4-15H,16H2,1-3H3,(H,24,28)/b15-14+. The molecular formula is C23H24N4O2. The van der Waals surface area contributed by atoms with E-state index in [2.05, 4.69) is 10.4 Å². The lowest BCUT2D eigenvalue weighted by atomic mass is 10.2. The predicted molar refractivity (Wildman–Crippen MR) is 115 cm³/mol. The molecule has 6 heteroatoms. The highest BCUT2D eigenvalue weighted by atomic mass is 16.2. The molecule has 1 heterocycles. The molecule has 0 saturated carbocycles. The Labute approximate surface area is 170 Å². The van der Waals surface area contributed by atoms with E-state index in [9.17, 15) is 9.59 Å². The number of para-hydroxylation sites is 2. The molecule has 0 aliphatic carbocycles. The summed E-state index contributed by atoms with van der Waals surface area (Å²) in [4.78, 5) is 25.9. The molecule has 0 fully saturated rings. The minimum atomic E-state index is -0.250. The molecule has 0 aliphatic heterocycles. The number of hydrogen-bond acceptors (Lipinski definition) is 3. The Kier molecular flexibility index (Phi) is 6.24. The second-order valence-corrected chi connectivity index (χ2v) is 6.77. The Morgan fingerprint density at radius 2 is 1.66 bits per heavy atom. The molecular weight excluding hydrogens is 364 g/mol. The summed E-state index contributed by atoms with van der Waals surface area (Å²) in [6.45, 7) is 3.85. The Balaban J connectivity index is 1.66. The van der Waals surface area contributed by atoms with Crippen LogP contribution in [0.15, 0.2) is 66.7 Å². The Hall–Kier alpha value is -3.67. The van der Waals surface area contributed by atoms with Crippen LogP contribution >= 0.6 is 0 Å². The largest absolute Gasteiger partial charge is 0.333 e. The van der Waals surface area contributed by atoms with Crippen LogP contribution in [0.4, 0.5) is 5.69 Å². The van der Waals surface area contributed by atoms with Gasteiger partial charge in [-0.1, -0.05) is 36.4 Å². The van der Waals surface area contributed by atoms with Gasteiger partial charge in [-0.2, -0.15) is 5.10 Å². The molecule has 1 aromatic heterocycles. The van der Waals surface area contributed by atoms with Gasteiger partial charge < -0.3 is 10.2 Å². The average Bonchev–Trinajstić information content (AvgIpc) is 3.01. The van der Waals surface area contributed by atoms with Gasteiger partial charge in [-0.25, -0.2) is 4.68 Å². The number of anilines is 1. The number of hydrogen-bond donors (Lipinski definition) is 1. The lowest BCUT2D eigenvalue weighted by molar-refractivity contribution is -0.129. The van der Waals surface area contributed by atoms with Gasteiger partial charge >= 0.3 is 0 Å². The SMILES string of the molecule is Cc1nn(-c2ccccc2)c(C)c1/C=C/C(=O)N(C)CC(=O)Nc1ccccc1. The summed E-state index contributed by atoms with van der Waals surface area (Å²) in [7, 11) is 1.60. The van der Waals surface area contributed by atoms with Crippen LogP contribution in [-0.2, 0) is 9.59 Å². The molecule has 0 bridgehead atoms. The van der Waals surface area contributed by atoms with Crippen LogP contribution in [0.5, 0.6) is 0 Å². The number of nitrogens with zero attached hydrogens (tertiary/aromatic N) is 3. The monoisotopic (exact) mass is 388 g/mol. The number of carbonyl (C=O) groups is 2. The minimum absolute atomic E-state index is 0.0285. The van der Waals surface area contributed by atoms with Crippen molar-refractivity contribution in [2.45, 2.75) is 13.8 Å². The fraction of sp³-hybridized carbons (Fsp3) is 0.174. The van der Waals surface area contributed by atoms with E-state index in [0.717, 1.165) is 22.6 Å². The first-order valence-corrected chi connectivity index (χ1v) is 9.35. The maximum Gasteiger partial charge on any atom is 0.246 e. The molecule has 148 valence electrons. The van der Waals surface area contributed by atoms with E-state index in [1.54, 1.807) is 25.3 Å². The Morgan fingerprint density at radius 1 is 1.03 bits per heavy atom. The van der Waals surface area contributed by atoms with E-state index < -0.39 is 0 Å². The van der Waals surface area contributed by atoms with Crippen molar-refractivity contribution in [3.05, 3.63) is 83.7 Å². The third-order valence-electron chi connectivity index (χ3n) is 4.56. The lowest BCUT2D eigenvalue weighted by Gasteiger charge is -2.14. The fourth-order valence-electron chi connectivity index (χ4n) is 3.01. The smallest absolute Gasteiger partial charge is 0.246 e. The van der Waals surface area contributed by atoms with Crippen molar-refractivity contribution in [3.8, 4) is 5.69 Å². The quantitative estimate of drug-likeness (QED) is 0.656. The van der Waals surface area contributed by atoms with Crippen LogP contribution in [0.3, 0.4) is 0 Å². The molecule has 2 amide bonds. The average molecular weight is 388 g/mol. The number of aromatic nitrogens is 2. The molecule has 29 heavy (non-hydrogen) atoms. The summed E-state index contributed by atoms with van der Waals surface area (Å²) in [6, 6.07) is 19.0. The highest BCUT2D eigenvalue weighted by Crippen LogP contribution is 2.19. The van der Waals surface area contributed by atoms with Crippen LogP contribution in [0.25, 0.3) is 11.8 Å². The van der Waals surface area contributed by atoms with E-state index in [4.69, 9.17) is 0 Å². The molecule has 6 nitrogen and oxygen atoms in total. The number of rotatable bonds is 6. The van der Waals surface area contributed by atoms with Crippen molar-refractivity contribution < 1.29 is 9.59 Å². The second-order valence-electron chi connectivity index (χ2n) is 6.77. The zero-order valence-electron chi connectivity index (χ0n) is 16.8. The lowest BCUT2D eigenvalue weighted by Crippen LogP contribution is -2.33. The van der Waals surface area contributed by atoms with Gasteiger partial charge in [0.2, 0.25) is 11.8 Å². The van der Waals surface area contributed by atoms with E-state index in [1.165, 1.54) is 11.0 Å². The van der Waals surface area contributed by atoms with Crippen LogP contribution in [0.2, 0.25) is 0 Å². The maximum absolute atomic E-state index is 12.4. The highest BCUT2D eigenvalue weighted by molar-refractivity contribution is 5.98. The summed E-state index contributed by atoms with van der Waals surface area (Å²) in [5.74, 6) is -0.496. The number of aryl methyl sites for hydroxylation is 1. The van der Waals surface area contributed by atoms with Crippen LogP contribution < -0.4 is 5.32 Å². The topological polar surface area (TPSA) is 67.2 Å². The number of likely N-dealkylation sites (N-methyl/N-ethyl adjacent to an activating group) is 1. The predicted octanol–water partition coefficient (Wildman–Crippen LogP) is 3.60. The molecule has 0 saturated heterocycles. The number of carbonyl (C=O) groups excluding carboxylic acids is 2. The van der Waals surface area contributed by atoms with Crippen molar-refractivity contribution in [2.24, 2.45) is 0 Å². The zero-order valence-corrected chi connectivity index (χ0v) is 16.8. The van der Waals surface area contributed by atoms with Crippen LogP contribution in [0, 0.1) is 13.8 Å². The first-order chi connectivity index (χ1) is 14.0. The summed E-state index contributed by atoms with van der Waals surface area (Å²) in [5, 5.41) is 7.35.